The van der Waals surface area contributed by atoms with Gasteiger partial charge in [0.1, 0.15) is 5.56 Å². The molecule has 0 saturated heterocycles. The molecule has 8 heteroatoms. The molecule has 0 radical (unpaired) electrons. The van der Waals surface area contributed by atoms with Crippen LogP contribution in [0, 0.1) is 0 Å². The maximum Gasteiger partial charge on any atom is 0.261 e. The molecule has 0 fully saturated rings. The maximum absolute atomic E-state index is 13.1. The van der Waals surface area contributed by atoms with Gasteiger partial charge in [-0.2, -0.15) is 5.10 Å². The largest absolute Gasteiger partial charge is 0.352 e. The number of fused-ring (bicyclic) bond motifs is 1. The van der Waals surface area contributed by atoms with Crippen molar-refractivity contribution in [2.45, 2.75) is 13.3 Å². The lowest BCUT2D eigenvalue weighted by molar-refractivity contribution is 0.0954. The summed E-state index contributed by atoms with van der Waals surface area (Å²) in [7, 11) is 0. The molecule has 31 heavy (non-hydrogen) atoms. The molecule has 156 valence electrons. The van der Waals surface area contributed by atoms with Crippen LogP contribution in [0.15, 0.2) is 67.0 Å². The molecule has 4 rings (SSSR count). The van der Waals surface area contributed by atoms with Gasteiger partial charge in [-0.05, 0) is 30.7 Å². The average Bonchev–Trinajstić information content (AvgIpc) is 3.22. The predicted octanol–water partition coefficient (Wildman–Crippen LogP) is 4.44. The predicted molar refractivity (Wildman–Crippen MR) is 120 cm³/mol. The standard InChI is InChI=1S/C23H20ClN5O2/c1-2-11-26-22(30)17-9-8-16(24)13-19(17)28-23(31)18-14-27-29-20(10-12-25-21(18)29)15-6-4-3-5-7-15/h3-10,12-14H,2,11H2,1H3,(H,26,30)(H,28,31). The van der Waals surface area contributed by atoms with Gasteiger partial charge in [0.25, 0.3) is 11.8 Å². The van der Waals surface area contributed by atoms with Crippen LogP contribution in [0.2, 0.25) is 5.02 Å². The Kier molecular flexibility index (Phi) is 5.95. The topological polar surface area (TPSA) is 88.4 Å². The van der Waals surface area contributed by atoms with E-state index in [1.54, 1.807) is 28.9 Å². The molecular weight excluding hydrogens is 414 g/mol. The van der Waals surface area contributed by atoms with Gasteiger partial charge in [-0.15, -0.1) is 0 Å². The molecule has 7 nitrogen and oxygen atoms in total. The summed E-state index contributed by atoms with van der Waals surface area (Å²) in [5, 5.41) is 10.4. The van der Waals surface area contributed by atoms with Crippen molar-refractivity contribution in [3.05, 3.63) is 83.1 Å². The van der Waals surface area contributed by atoms with Crippen LogP contribution in [0.25, 0.3) is 16.9 Å². The van der Waals surface area contributed by atoms with Crippen LogP contribution in [0.3, 0.4) is 0 Å². The van der Waals surface area contributed by atoms with Gasteiger partial charge in [-0.1, -0.05) is 48.9 Å². The van der Waals surface area contributed by atoms with Crippen LogP contribution in [-0.4, -0.2) is 33.0 Å². The fourth-order valence-corrected chi connectivity index (χ4v) is 3.39. The number of hydrogen-bond acceptors (Lipinski definition) is 4. The normalized spacial score (nSPS) is 10.8. The SMILES string of the molecule is CCCNC(=O)c1ccc(Cl)cc1NC(=O)c1cnn2c(-c3ccccc3)ccnc12. The van der Waals surface area contributed by atoms with E-state index in [9.17, 15) is 9.59 Å². The summed E-state index contributed by atoms with van der Waals surface area (Å²) in [6.45, 7) is 2.50. The van der Waals surface area contributed by atoms with Gasteiger partial charge < -0.3 is 10.6 Å². The molecule has 2 heterocycles. The van der Waals surface area contributed by atoms with Crippen molar-refractivity contribution in [1.82, 2.24) is 19.9 Å². The monoisotopic (exact) mass is 433 g/mol. The van der Waals surface area contributed by atoms with Gasteiger partial charge >= 0.3 is 0 Å². The number of anilines is 1. The zero-order valence-corrected chi connectivity index (χ0v) is 17.6. The van der Waals surface area contributed by atoms with E-state index in [4.69, 9.17) is 11.6 Å². The van der Waals surface area contributed by atoms with Crippen LogP contribution in [0.1, 0.15) is 34.1 Å². The lowest BCUT2D eigenvalue weighted by Gasteiger charge is -2.11. The lowest BCUT2D eigenvalue weighted by atomic mass is 10.1. The van der Waals surface area contributed by atoms with Gasteiger partial charge in [0, 0.05) is 23.3 Å². The number of amides is 2. The number of carbonyl (C=O) groups excluding carboxylic acids is 2. The second-order valence-corrected chi connectivity index (χ2v) is 7.33. The molecule has 0 aliphatic carbocycles. The van der Waals surface area contributed by atoms with Crippen LogP contribution >= 0.6 is 11.6 Å². The quantitative estimate of drug-likeness (QED) is 0.470. The third-order valence-corrected chi connectivity index (χ3v) is 4.96. The van der Waals surface area contributed by atoms with E-state index in [1.807, 2.05) is 43.3 Å². The minimum Gasteiger partial charge on any atom is -0.352 e. The molecule has 0 aliphatic rings. The Hall–Kier alpha value is -3.71. The van der Waals surface area contributed by atoms with E-state index in [0.717, 1.165) is 17.7 Å². The second kappa shape index (κ2) is 8.97. The van der Waals surface area contributed by atoms with Crippen LogP contribution < -0.4 is 10.6 Å². The van der Waals surface area contributed by atoms with Crippen molar-refractivity contribution >= 4 is 34.7 Å². The molecule has 4 aromatic rings. The number of benzene rings is 2. The first-order valence-electron chi connectivity index (χ1n) is 9.85. The number of hydrogen-bond donors (Lipinski definition) is 2. The van der Waals surface area contributed by atoms with Crippen molar-refractivity contribution in [2.75, 3.05) is 11.9 Å². The van der Waals surface area contributed by atoms with E-state index >= 15 is 0 Å². The van der Waals surface area contributed by atoms with Crippen molar-refractivity contribution in [1.29, 1.82) is 0 Å². The highest BCUT2D eigenvalue weighted by atomic mass is 35.5. The molecular formula is C23H20ClN5O2. The molecule has 2 N–H and O–H groups in total. The van der Waals surface area contributed by atoms with Gasteiger partial charge in [-0.3, -0.25) is 9.59 Å². The number of rotatable bonds is 6. The number of nitrogens with one attached hydrogen (secondary N) is 2. The highest BCUT2D eigenvalue weighted by molar-refractivity contribution is 6.31. The van der Waals surface area contributed by atoms with E-state index in [2.05, 4.69) is 20.7 Å². The minimum atomic E-state index is -0.431. The third kappa shape index (κ3) is 4.27. The fraction of sp³-hybridized carbons (Fsp3) is 0.130. The number of carbonyl (C=O) groups is 2. The number of halogens is 1. The van der Waals surface area contributed by atoms with Crippen LogP contribution in [-0.2, 0) is 0 Å². The van der Waals surface area contributed by atoms with Gasteiger partial charge in [0.2, 0.25) is 0 Å². The summed E-state index contributed by atoms with van der Waals surface area (Å²) >= 11 is 6.11. The lowest BCUT2D eigenvalue weighted by Crippen LogP contribution is -2.25. The Bertz CT molecular complexity index is 1250. The molecule has 0 atom stereocenters. The van der Waals surface area contributed by atoms with Crippen molar-refractivity contribution in [3.8, 4) is 11.3 Å². The highest BCUT2D eigenvalue weighted by Crippen LogP contribution is 2.24. The first kappa shape index (κ1) is 20.6. The molecule has 0 spiro atoms. The van der Waals surface area contributed by atoms with E-state index in [0.29, 0.717) is 28.5 Å². The highest BCUT2D eigenvalue weighted by Gasteiger charge is 2.19. The van der Waals surface area contributed by atoms with E-state index in [1.165, 1.54) is 6.20 Å². The Morgan fingerprint density at radius 2 is 1.84 bits per heavy atom. The molecule has 0 saturated carbocycles. The Morgan fingerprint density at radius 1 is 1.03 bits per heavy atom. The maximum atomic E-state index is 13.1. The zero-order valence-electron chi connectivity index (χ0n) is 16.8. The third-order valence-electron chi connectivity index (χ3n) is 4.73. The first-order valence-corrected chi connectivity index (χ1v) is 10.2. The summed E-state index contributed by atoms with van der Waals surface area (Å²) in [6.07, 6.45) is 3.91. The van der Waals surface area contributed by atoms with Crippen molar-refractivity contribution in [3.63, 3.8) is 0 Å². The molecule has 0 bridgehead atoms. The Labute approximate surface area is 184 Å². The van der Waals surface area contributed by atoms with Gasteiger partial charge in [0.15, 0.2) is 5.65 Å². The van der Waals surface area contributed by atoms with Gasteiger partial charge in [0.05, 0.1) is 23.1 Å². The zero-order chi connectivity index (χ0) is 21.8. The molecule has 2 aromatic carbocycles. The van der Waals surface area contributed by atoms with Crippen LogP contribution in [0.5, 0.6) is 0 Å². The second-order valence-electron chi connectivity index (χ2n) is 6.89. The van der Waals surface area contributed by atoms with Crippen LogP contribution in [0.4, 0.5) is 5.69 Å². The summed E-state index contributed by atoms with van der Waals surface area (Å²) < 4.78 is 1.62. The summed E-state index contributed by atoms with van der Waals surface area (Å²) in [6, 6.07) is 16.3. The average molecular weight is 434 g/mol. The van der Waals surface area contributed by atoms with Crippen molar-refractivity contribution < 1.29 is 9.59 Å². The number of aromatic nitrogens is 3. The number of nitrogens with zero attached hydrogens (tertiary/aromatic N) is 3. The summed E-state index contributed by atoms with van der Waals surface area (Å²) in [4.78, 5) is 29.9. The molecule has 2 aromatic heterocycles. The fourth-order valence-electron chi connectivity index (χ4n) is 3.22. The smallest absolute Gasteiger partial charge is 0.261 e. The molecule has 0 unspecified atom stereocenters. The first-order chi connectivity index (χ1) is 15.1. The van der Waals surface area contributed by atoms with Gasteiger partial charge in [-0.25, -0.2) is 9.50 Å². The Morgan fingerprint density at radius 3 is 2.61 bits per heavy atom. The molecule has 0 aliphatic heterocycles. The minimum absolute atomic E-state index is 0.279. The van der Waals surface area contributed by atoms with Crippen molar-refractivity contribution in [2.24, 2.45) is 0 Å². The summed E-state index contributed by atoms with van der Waals surface area (Å²) in [5.74, 6) is -0.710. The Balaban J connectivity index is 1.68. The van der Waals surface area contributed by atoms with E-state index < -0.39 is 5.91 Å². The van der Waals surface area contributed by atoms with E-state index in [-0.39, 0.29) is 11.5 Å². The summed E-state index contributed by atoms with van der Waals surface area (Å²) in [5.41, 5.74) is 3.13. The molecule has 2 amide bonds.